The van der Waals surface area contributed by atoms with Gasteiger partial charge in [-0.1, -0.05) is 66.7 Å². The first-order valence-electron chi connectivity index (χ1n) is 18.2. The fourth-order valence-electron chi connectivity index (χ4n) is 7.91. The van der Waals surface area contributed by atoms with Gasteiger partial charge in [0.1, 0.15) is 18.6 Å². The minimum atomic E-state index is -0.897. The molecular weight excluding hydrogens is 644 g/mol. The summed E-state index contributed by atoms with van der Waals surface area (Å²) in [5.41, 5.74) is 10.5. The highest BCUT2D eigenvalue weighted by atomic mass is 16.5. The summed E-state index contributed by atoms with van der Waals surface area (Å²) in [4.78, 5) is 13.1. The largest absolute Gasteiger partial charge is 0.504 e. The van der Waals surface area contributed by atoms with Gasteiger partial charge in [0.2, 0.25) is 5.75 Å². The molecule has 4 aromatic carbocycles. The van der Waals surface area contributed by atoms with E-state index < -0.39 is 6.10 Å². The number of Topliss-reactive ketones (excluding diaryl/α,β-unsaturated/α-hetero) is 1. The minimum Gasteiger partial charge on any atom is -0.504 e. The number of nitrogens with two attached hydrogens (primary N) is 1. The molecule has 7 N–H and O–H groups in total. The summed E-state index contributed by atoms with van der Waals surface area (Å²) in [6.07, 6.45) is 4.66. The second-order valence-electron chi connectivity index (χ2n) is 14.1. The third-order valence-electron chi connectivity index (χ3n) is 10.4. The second-order valence-corrected chi connectivity index (χ2v) is 14.1. The first kappa shape index (κ1) is 36.2. The molecule has 0 aromatic heterocycles. The van der Waals surface area contributed by atoms with Gasteiger partial charge in [-0.05, 0) is 110 Å². The molecule has 270 valence electrons. The Morgan fingerprint density at radius 1 is 0.882 bits per heavy atom. The smallest absolute Gasteiger partial charge is 0.200 e. The van der Waals surface area contributed by atoms with Crippen LogP contribution in [0.1, 0.15) is 72.3 Å². The lowest BCUT2D eigenvalue weighted by atomic mass is 9.70. The van der Waals surface area contributed by atoms with Crippen LogP contribution < -0.4 is 20.5 Å². The van der Waals surface area contributed by atoms with Crippen LogP contribution in [-0.4, -0.2) is 57.7 Å². The van der Waals surface area contributed by atoms with Crippen molar-refractivity contribution in [3.8, 4) is 28.7 Å². The zero-order chi connectivity index (χ0) is 35.7. The SMILES string of the molecule is NCOc1cc(CCC(=O)CC(O)CC2c3cc(O)c(O)c(OC4CCNC(Cc5ccccc5)C4)c3CCC2Cc2ccccc2)ccc1O. The first-order valence-corrected chi connectivity index (χ1v) is 18.2. The van der Waals surface area contributed by atoms with Gasteiger partial charge >= 0.3 is 0 Å². The molecule has 6 rings (SSSR count). The molecule has 5 atom stereocenters. The number of fused-ring (bicyclic) bond motifs is 1. The van der Waals surface area contributed by atoms with E-state index in [1.807, 2.05) is 36.4 Å². The van der Waals surface area contributed by atoms with E-state index in [9.17, 15) is 25.2 Å². The number of piperidine rings is 1. The number of rotatable bonds is 15. The van der Waals surface area contributed by atoms with Crippen LogP contribution in [0.4, 0.5) is 0 Å². The van der Waals surface area contributed by atoms with Gasteiger partial charge in [-0.25, -0.2) is 0 Å². The van der Waals surface area contributed by atoms with E-state index in [2.05, 4.69) is 29.6 Å². The normalized spacial score (nSPS) is 20.7. The number of aryl methyl sites for hydroxylation is 1. The first-order chi connectivity index (χ1) is 24.8. The zero-order valence-electron chi connectivity index (χ0n) is 29.0. The Labute approximate surface area is 300 Å². The highest BCUT2D eigenvalue weighted by Gasteiger charge is 2.36. The molecule has 0 amide bonds. The maximum absolute atomic E-state index is 13.1. The van der Waals surface area contributed by atoms with Crippen molar-refractivity contribution < 1.29 is 34.7 Å². The maximum Gasteiger partial charge on any atom is 0.200 e. The molecule has 1 heterocycles. The standard InChI is InChI=1S/C42H50N2O7/c43-26-50-40-21-29(12-16-38(40)47)11-14-32(45)23-33(46)24-36-30(19-27-7-3-1-4-8-27)13-15-35-37(36)25-39(48)41(49)42(35)51-34-17-18-44-31(22-34)20-28-9-5-2-6-10-28/h1-10,12,16,21,25,30-31,33-34,36,44,46-49H,11,13-15,17-20,22-24,26,43H2. The number of carbonyl (C=O) groups is 1. The summed E-state index contributed by atoms with van der Waals surface area (Å²) in [7, 11) is 0. The van der Waals surface area contributed by atoms with Crippen LogP contribution in [-0.2, 0) is 30.5 Å². The third kappa shape index (κ3) is 9.41. The summed E-state index contributed by atoms with van der Waals surface area (Å²) in [6, 6.07) is 27.4. The maximum atomic E-state index is 13.1. The van der Waals surface area contributed by atoms with Crippen molar-refractivity contribution in [2.45, 2.75) is 88.4 Å². The predicted molar refractivity (Wildman–Crippen MR) is 196 cm³/mol. The molecule has 9 nitrogen and oxygen atoms in total. The monoisotopic (exact) mass is 694 g/mol. The highest BCUT2D eigenvalue weighted by molar-refractivity contribution is 5.79. The van der Waals surface area contributed by atoms with Crippen LogP contribution >= 0.6 is 0 Å². The van der Waals surface area contributed by atoms with Crippen LogP contribution in [0, 0.1) is 5.92 Å². The van der Waals surface area contributed by atoms with Crippen molar-refractivity contribution in [3.63, 3.8) is 0 Å². The summed E-state index contributed by atoms with van der Waals surface area (Å²) in [6.45, 7) is 0.720. The highest BCUT2D eigenvalue weighted by Crippen LogP contribution is 2.50. The molecule has 0 saturated carbocycles. The van der Waals surface area contributed by atoms with Crippen LogP contribution in [0.2, 0.25) is 0 Å². The van der Waals surface area contributed by atoms with Gasteiger partial charge in [0.15, 0.2) is 23.0 Å². The van der Waals surface area contributed by atoms with Gasteiger partial charge < -0.3 is 35.2 Å². The average Bonchev–Trinajstić information content (AvgIpc) is 3.13. The number of ether oxygens (including phenoxy) is 2. The Hall–Kier alpha value is -4.57. The lowest BCUT2D eigenvalue weighted by Crippen LogP contribution is -2.43. The van der Waals surface area contributed by atoms with Gasteiger partial charge in [-0.2, -0.15) is 0 Å². The number of aromatic hydroxyl groups is 3. The fraction of sp³-hybridized carbons (Fsp3) is 0.405. The molecule has 9 heteroatoms. The van der Waals surface area contributed by atoms with E-state index in [-0.39, 0.29) is 72.3 Å². The molecule has 1 fully saturated rings. The Morgan fingerprint density at radius 3 is 2.33 bits per heavy atom. The van der Waals surface area contributed by atoms with Crippen LogP contribution in [0.15, 0.2) is 84.9 Å². The summed E-state index contributed by atoms with van der Waals surface area (Å²) >= 11 is 0. The Bertz CT molecular complexity index is 1750. The number of phenolic OH excluding ortho intramolecular Hbond substituents is 3. The van der Waals surface area contributed by atoms with E-state index in [0.29, 0.717) is 25.0 Å². The lowest BCUT2D eigenvalue weighted by Gasteiger charge is -2.37. The van der Waals surface area contributed by atoms with E-state index in [4.69, 9.17) is 15.2 Å². The summed E-state index contributed by atoms with van der Waals surface area (Å²) in [5.74, 6) is 0.0360. The molecule has 0 spiro atoms. The number of benzene rings is 4. The third-order valence-corrected chi connectivity index (χ3v) is 10.4. The van der Waals surface area contributed by atoms with Gasteiger partial charge in [0.05, 0.1) is 6.10 Å². The molecule has 51 heavy (non-hydrogen) atoms. The molecule has 5 unspecified atom stereocenters. The van der Waals surface area contributed by atoms with Crippen molar-refractivity contribution >= 4 is 5.78 Å². The van der Waals surface area contributed by atoms with Gasteiger partial charge in [0, 0.05) is 24.4 Å². The van der Waals surface area contributed by atoms with E-state index in [1.165, 1.54) is 17.2 Å². The number of hydrogen-bond acceptors (Lipinski definition) is 9. The van der Waals surface area contributed by atoms with Gasteiger partial charge in [0.25, 0.3) is 0 Å². The number of carbonyl (C=O) groups excluding carboxylic acids is 1. The van der Waals surface area contributed by atoms with E-state index in [1.54, 1.807) is 18.2 Å². The van der Waals surface area contributed by atoms with Crippen molar-refractivity contribution in [2.75, 3.05) is 13.3 Å². The number of phenols is 3. The Kier molecular flexibility index (Phi) is 12.1. The molecule has 2 aliphatic rings. The lowest BCUT2D eigenvalue weighted by molar-refractivity contribution is -0.121. The number of ketones is 1. The van der Waals surface area contributed by atoms with Gasteiger partial charge in [-0.15, -0.1) is 0 Å². The molecule has 4 aromatic rings. The number of aliphatic hydroxyl groups excluding tert-OH is 1. The number of nitrogens with one attached hydrogen (secondary N) is 1. The number of aliphatic hydroxyl groups is 1. The molecule has 0 bridgehead atoms. The summed E-state index contributed by atoms with van der Waals surface area (Å²) in [5, 5.41) is 47.2. The molecule has 0 radical (unpaired) electrons. The molecule has 1 saturated heterocycles. The average molecular weight is 695 g/mol. The molecule has 1 aliphatic carbocycles. The topological polar surface area (TPSA) is 154 Å². The number of hydrogen-bond donors (Lipinski definition) is 6. The van der Waals surface area contributed by atoms with E-state index in [0.717, 1.165) is 55.3 Å². The fourth-order valence-corrected chi connectivity index (χ4v) is 7.91. The van der Waals surface area contributed by atoms with Gasteiger partial charge in [-0.3, -0.25) is 10.5 Å². The second kappa shape index (κ2) is 17.1. The quantitative estimate of drug-likeness (QED) is 0.0643. The van der Waals surface area contributed by atoms with Crippen molar-refractivity contribution in [1.82, 2.24) is 5.32 Å². The summed E-state index contributed by atoms with van der Waals surface area (Å²) < 4.78 is 11.9. The Balaban J connectivity index is 1.18. The Morgan fingerprint density at radius 2 is 1.61 bits per heavy atom. The van der Waals surface area contributed by atoms with E-state index >= 15 is 0 Å². The molecule has 1 aliphatic heterocycles. The van der Waals surface area contributed by atoms with Crippen LogP contribution in [0.5, 0.6) is 28.7 Å². The minimum absolute atomic E-state index is 0.000565. The van der Waals surface area contributed by atoms with Crippen molar-refractivity contribution in [1.29, 1.82) is 0 Å². The zero-order valence-corrected chi connectivity index (χ0v) is 29.0. The van der Waals surface area contributed by atoms with Crippen LogP contribution in [0.25, 0.3) is 0 Å². The van der Waals surface area contributed by atoms with Crippen molar-refractivity contribution in [2.24, 2.45) is 11.7 Å². The van der Waals surface area contributed by atoms with Crippen molar-refractivity contribution in [3.05, 3.63) is 113 Å². The molecular formula is C42H50N2O7. The predicted octanol–water partition coefficient (Wildman–Crippen LogP) is 6.07. The van der Waals surface area contributed by atoms with Crippen LogP contribution in [0.3, 0.4) is 0 Å².